The monoisotopic (exact) mass is 309 g/mol. The molecule has 2 heterocycles. The first-order valence-electron chi connectivity index (χ1n) is 6.02. The van der Waals surface area contributed by atoms with E-state index in [2.05, 4.69) is 4.98 Å². The molecule has 0 amide bonds. The van der Waals surface area contributed by atoms with Crippen LogP contribution in [0.4, 0.5) is 11.5 Å². The number of para-hydroxylation sites is 1. The Labute approximate surface area is 122 Å². The molecule has 20 heavy (non-hydrogen) atoms. The van der Waals surface area contributed by atoms with E-state index in [1.54, 1.807) is 6.07 Å². The number of aromatic nitrogens is 1. The third kappa shape index (κ3) is 2.01. The summed E-state index contributed by atoms with van der Waals surface area (Å²) in [7, 11) is -3.66. The fourth-order valence-corrected chi connectivity index (χ4v) is 3.96. The van der Waals surface area contributed by atoms with E-state index in [0.717, 1.165) is 5.56 Å². The van der Waals surface area contributed by atoms with Gasteiger partial charge in [0.15, 0.2) is 0 Å². The minimum Gasteiger partial charge on any atom is -0.382 e. The van der Waals surface area contributed by atoms with Crippen molar-refractivity contribution in [1.29, 1.82) is 0 Å². The average Bonchev–Trinajstić information content (AvgIpc) is 2.86. The van der Waals surface area contributed by atoms with Gasteiger partial charge in [0.25, 0.3) is 10.0 Å². The number of hydrogen-bond donors (Lipinski definition) is 1. The van der Waals surface area contributed by atoms with Gasteiger partial charge in [-0.15, -0.1) is 0 Å². The van der Waals surface area contributed by atoms with E-state index in [-0.39, 0.29) is 15.7 Å². The van der Waals surface area contributed by atoms with Gasteiger partial charge in [0, 0.05) is 12.7 Å². The number of rotatable bonds is 2. The van der Waals surface area contributed by atoms with Gasteiger partial charge >= 0.3 is 0 Å². The van der Waals surface area contributed by atoms with Crippen molar-refractivity contribution >= 4 is 33.1 Å². The first-order chi connectivity index (χ1) is 9.50. The molecule has 0 saturated heterocycles. The van der Waals surface area contributed by atoms with Crippen molar-refractivity contribution in [3.8, 4) is 0 Å². The summed E-state index contributed by atoms with van der Waals surface area (Å²) >= 11 is 5.86. The molecular weight excluding hydrogens is 298 g/mol. The smallest absolute Gasteiger partial charge is 0.265 e. The van der Waals surface area contributed by atoms with Crippen molar-refractivity contribution in [2.24, 2.45) is 0 Å². The number of nitrogens with zero attached hydrogens (tertiary/aromatic N) is 2. The molecular formula is C13H12ClN3O2S. The number of pyridine rings is 1. The van der Waals surface area contributed by atoms with Crippen LogP contribution in [0.1, 0.15) is 5.56 Å². The molecule has 0 fully saturated rings. The Morgan fingerprint density at radius 2 is 2.05 bits per heavy atom. The molecule has 1 aliphatic rings. The Kier molecular flexibility index (Phi) is 3.07. The Hall–Kier alpha value is -1.79. The first-order valence-corrected chi connectivity index (χ1v) is 7.83. The Morgan fingerprint density at radius 3 is 2.80 bits per heavy atom. The van der Waals surface area contributed by atoms with Gasteiger partial charge in [0.1, 0.15) is 10.7 Å². The normalized spacial score (nSPS) is 14.3. The second-order valence-electron chi connectivity index (χ2n) is 4.49. The number of halogens is 1. The Morgan fingerprint density at radius 1 is 1.30 bits per heavy atom. The maximum absolute atomic E-state index is 12.6. The SMILES string of the molecule is Nc1ncc(S(=O)(=O)N2CCc3ccccc32)cc1Cl. The summed E-state index contributed by atoms with van der Waals surface area (Å²) in [5, 5.41) is 0.138. The second kappa shape index (κ2) is 4.64. The van der Waals surface area contributed by atoms with Crippen molar-refractivity contribution in [2.75, 3.05) is 16.6 Å². The summed E-state index contributed by atoms with van der Waals surface area (Å²) < 4.78 is 26.7. The number of benzene rings is 1. The highest BCUT2D eigenvalue weighted by Gasteiger charge is 2.31. The van der Waals surface area contributed by atoms with E-state index in [0.29, 0.717) is 18.7 Å². The second-order valence-corrected chi connectivity index (χ2v) is 6.76. The van der Waals surface area contributed by atoms with E-state index in [1.807, 2.05) is 18.2 Å². The van der Waals surface area contributed by atoms with E-state index in [4.69, 9.17) is 17.3 Å². The van der Waals surface area contributed by atoms with E-state index < -0.39 is 10.0 Å². The fourth-order valence-electron chi connectivity index (χ4n) is 2.26. The third-order valence-corrected chi connectivity index (χ3v) is 5.36. The van der Waals surface area contributed by atoms with Gasteiger partial charge in [-0.2, -0.15) is 0 Å². The highest BCUT2D eigenvalue weighted by Crippen LogP contribution is 2.33. The molecule has 3 rings (SSSR count). The predicted molar refractivity (Wildman–Crippen MR) is 78.3 cm³/mol. The van der Waals surface area contributed by atoms with Crippen LogP contribution in [0.25, 0.3) is 0 Å². The summed E-state index contributed by atoms with van der Waals surface area (Å²) in [5.74, 6) is 0.118. The average molecular weight is 310 g/mol. The van der Waals surface area contributed by atoms with Crippen molar-refractivity contribution < 1.29 is 8.42 Å². The van der Waals surface area contributed by atoms with E-state index in [9.17, 15) is 8.42 Å². The quantitative estimate of drug-likeness (QED) is 0.921. The summed E-state index contributed by atoms with van der Waals surface area (Å²) in [6, 6.07) is 8.78. The van der Waals surface area contributed by atoms with Gasteiger partial charge in [0.2, 0.25) is 0 Å². The van der Waals surface area contributed by atoms with Gasteiger partial charge < -0.3 is 5.73 Å². The zero-order valence-corrected chi connectivity index (χ0v) is 12.0. The maximum atomic E-state index is 12.6. The van der Waals surface area contributed by atoms with Gasteiger partial charge in [-0.1, -0.05) is 29.8 Å². The molecule has 2 aromatic rings. The molecule has 0 atom stereocenters. The van der Waals surface area contributed by atoms with Crippen LogP contribution < -0.4 is 10.0 Å². The highest BCUT2D eigenvalue weighted by atomic mass is 35.5. The number of nitrogens with two attached hydrogens (primary N) is 1. The van der Waals surface area contributed by atoms with Crippen molar-refractivity contribution in [2.45, 2.75) is 11.3 Å². The molecule has 2 N–H and O–H groups in total. The molecule has 1 aromatic heterocycles. The molecule has 0 bridgehead atoms. The van der Waals surface area contributed by atoms with Crippen LogP contribution in [0.3, 0.4) is 0 Å². The summed E-state index contributed by atoms with van der Waals surface area (Å²) in [5.41, 5.74) is 7.24. The van der Waals surface area contributed by atoms with Crippen LogP contribution in [0.15, 0.2) is 41.4 Å². The minimum atomic E-state index is -3.66. The first kappa shape index (κ1) is 13.2. The molecule has 0 radical (unpaired) electrons. The topological polar surface area (TPSA) is 76.3 Å². The summed E-state index contributed by atoms with van der Waals surface area (Å²) in [6.45, 7) is 0.420. The lowest BCUT2D eigenvalue weighted by molar-refractivity contribution is 0.592. The molecule has 104 valence electrons. The van der Waals surface area contributed by atoms with Crippen LogP contribution >= 0.6 is 11.6 Å². The summed E-state index contributed by atoms with van der Waals surface area (Å²) in [4.78, 5) is 3.86. The molecule has 0 unspecified atom stereocenters. The van der Waals surface area contributed by atoms with Gasteiger partial charge in [0.05, 0.1) is 10.7 Å². The van der Waals surface area contributed by atoms with Crippen molar-refractivity contribution in [1.82, 2.24) is 4.98 Å². The predicted octanol–water partition coefficient (Wildman–Crippen LogP) is 2.07. The molecule has 7 heteroatoms. The minimum absolute atomic E-state index is 0.0494. The van der Waals surface area contributed by atoms with Crippen LogP contribution in [0.2, 0.25) is 5.02 Å². The molecule has 5 nitrogen and oxygen atoms in total. The maximum Gasteiger partial charge on any atom is 0.265 e. The largest absolute Gasteiger partial charge is 0.382 e. The van der Waals surface area contributed by atoms with Crippen LogP contribution in [-0.4, -0.2) is 19.9 Å². The van der Waals surface area contributed by atoms with Crippen LogP contribution in [-0.2, 0) is 16.4 Å². The molecule has 1 aliphatic heterocycles. The lowest BCUT2D eigenvalue weighted by Crippen LogP contribution is -2.29. The Balaban J connectivity index is 2.07. The van der Waals surface area contributed by atoms with Crippen LogP contribution in [0.5, 0.6) is 0 Å². The molecule has 1 aromatic carbocycles. The van der Waals surface area contributed by atoms with E-state index >= 15 is 0 Å². The van der Waals surface area contributed by atoms with Gasteiger partial charge in [-0.05, 0) is 24.1 Å². The zero-order valence-electron chi connectivity index (χ0n) is 10.5. The van der Waals surface area contributed by atoms with Gasteiger partial charge in [-0.25, -0.2) is 13.4 Å². The highest BCUT2D eigenvalue weighted by molar-refractivity contribution is 7.92. The fraction of sp³-hybridized carbons (Fsp3) is 0.154. The zero-order chi connectivity index (χ0) is 14.3. The standard InChI is InChI=1S/C13H12ClN3O2S/c14-11-7-10(8-16-13(11)15)20(18,19)17-6-5-9-3-1-2-4-12(9)17/h1-4,7-8H,5-6H2,(H2,15,16). The summed E-state index contributed by atoms with van der Waals surface area (Å²) in [6.07, 6.45) is 1.93. The number of hydrogen-bond acceptors (Lipinski definition) is 4. The van der Waals surface area contributed by atoms with Crippen LogP contribution in [0, 0.1) is 0 Å². The number of fused-ring (bicyclic) bond motifs is 1. The molecule has 0 saturated carbocycles. The lowest BCUT2D eigenvalue weighted by Gasteiger charge is -2.19. The number of nitrogen functional groups attached to an aromatic ring is 1. The number of sulfonamides is 1. The lowest BCUT2D eigenvalue weighted by atomic mass is 10.2. The molecule has 0 spiro atoms. The van der Waals surface area contributed by atoms with Crippen molar-refractivity contribution in [3.05, 3.63) is 47.1 Å². The van der Waals surface area contributed by atoms with Crippen molar-refractivity contribution in [3.63, 3.8) is 0 Å². The molecule has 0 aliphatic carbocycles. The third-order valence-electron chi connectivity index (χ3n) is 3.28. The van der Waals surface area contributed by atoms with E-state index in [1.165, 1.54) is 16.6 Å². The number of anilines is 2. The van der Waals surface area contributed by atoms with Gasteiger partial charge in [-0.3, -0.25) is 4.31 Å². The Bertz CT molecular complexity index is 777.